The molecule has 3 aromatic carbocycles. The molecule has 1 aliphatic rings. The standard InChI is InChI=1S/C28H30N4OS/c1-22-10-8-9-15-26(22)33-20-27-29-31(28(34)32(27)25-13-6-3-7-14-25)21-30-18-16-24(17-19-30)23-11-4-2-5-12-23/h2-15,24H,16-21H2,1H3. The summed E-state index contributed by atoms with van der Waals surface area (Å²) in [5, 5.41) is 4.91. The van der Waals surface area contributed by atoms with Gasteiger partial charge in [-0.3, -0.25) is 9.47 Å². The van der Waals surface area contributed by atoms with Crippen molar-refractivity contribution in [2.75, 3.05) is 13.1 Å². The third-order valence-electron chi connectivity index (χ3n) is 6.56. The molecule has 5 rings (SSSR count). The van der Waals surface area contributed by atoms with Crippen LogP contribution in [0.25, 0.3) is 5.69 Å². The van der Waals surface area contributed by atoms with E-state index in [0.717, 1.165) is 48.8 Å². The van der Waals surface area contributed by atoms with Gasteiger partial charge in [-0.25, -0.2) is 4.68 Å². The highest BCUT2D eigenvalue weighted by molar-refractivity contribution is 7.71. The van der Waals surface area contributed by atoms with E-state index in [4.69, 9.17) is 22.1 Å². The van der Waals surface area contributed by atoms with Crippen molar-refractivity contribution in [1.82, 2.24) is 19.2 Å². The topological polar surface area (TPSA) is 35.2 Å². The summed E-state index contributed by atoms with van der Waals surface area (Å²) in [7, 11) is 0. The van der Waals surface area contributed by atoms with E-state index in [1.807, 2.05) is 45.6 Å². The maximum atomic E-state index is 6.15. The van der Waals surface area contributed by atoms with Gasteiger partial charge in [-0.1, -0.05) is 66.7 Å². The Labute approximate surface area is 206 Å². The Hall–Kier alpha value is -3.22. The molecule has 1 saturated heterocycles. The number of nitrogens with zero attached hydrogens (tertiary/aromatic N) is 4. The molecule has 4 aromatic rings. The summed E-state index contributed by atoms with van der Waals surface area (Å²) in [6.07, 6.45) is 2.31. The molecule has 6 heteroatoms. The van der Waals surface area contributed by atoms with Gasteiger partial charge >= 0.3 is 0 Å². The molecule has 2 heterocycles. The van der Waals surface area contributed by atoms with Crippen molar-refractivity contribution in [3.63, 3.8) is 0 Å². The minimum Gasteiger partial charge on any atom is -0.485 e. The molecule has 0 aliphatic carbocycles. The van der Waals surface area contributed by atoms with Gasteiger partial charge in [0, 0.05) is 18.8 Å². The number of hydrogen-bond acceptors (Lipinski definition) is 4. The highest BCUT2D eigenvalue weighted by Crippen LogP contribution is 2.28. The predicted octanol–water partition coefficient (Wildman–Crippen LogP) is 6.13. The maximum Gasteiger partial charge on any atom is 0.203 e. The Morgan fingerprint density at radius 2 is 1.53 bits per heavy atom. The minimum absolute atomic E-state index is 0.354. The van der Waals surface area contributed by atoms with E-state index in [9.17, 15) is 0 Å². The number of ether oxygens (including phenoxy) is 1. The Morgan fingerprint density at radius 3 is 2.24 bits per heavy atom. The largest absolute Gasteiger partial charge is 0.485 e. The summed E-state index contributed by atoms with van der Waals surface area (Å²) in [4.78, 5) is 2.45. The number of piperidine rings is 1. The molecule has 174 valence electrons. The van der Waals surface area contributed by atoms with E-state index < -0.39 is 0 Å². The fourth-order valence-corrected chi connectivity index (χ4v) is 4.97. The van der Waals surface area contributed by atoms with Gasteiger partial charge in [0.25, 0.3) is 0 Å². The first-order chi connectivity index (χ1) is 16.7. The molecule has 0 saturated carbocycles. The molecular formula is C28H30N4OS. The van der Waals surface area contributed by atoms with Crippen LogP contribution in [0.15, 0.2) is 84.9 Å². The van der Waals surface area contributed by atoms with Crippen molar-refractivity contribution in [3.05, 3.63) is 107 Å². The fraction of sp³-hybridized carbons (Fsp3) is 0.286. The first-order valence-corrected chi connectivity index (χ1v) is 12.3. The van der Waals surface area contributed by atoms with Gasteiger partial charge in [0.2, 0.25) is 4.77 Å². The molecule has 1 aliphatic heterocycles. The highest BCUT2D eigenvalue weighted by Gasteiger charge is 2.22. The van der Waals surface area contributed by atoms with Crippen LogP contribution in [0, 0.1) is 11.7 Å². The summed E-state index contributed by atoms with van der Waals surface area (Å²) in [5.41, 5.74) is 3.56. The van der Waals surface area contributed by atoms with Crippen molar-refractivity contribution >= 4 is 12.2 Å². The molecule has 0 atom stereocenters. The van der Waals surface area contributed by atoms with Gasteiger partial charge in [-0.2, -0.15) is 5.10 Å². The normalized spacial score (nSPS) is 14.9. The van der Waals surface area contributed by atoms with Crippen LogP contribution in [-0.2, 0) is 13.3 Å². The van der Waals surface area contributed by atoms with Gasteiger partial charge in [0.05, 0.1) is 6.67 Å². The number of para-hydroxylation sites is 2. The number of benzene rings is 3. The van der Waals surface area contributed by atoms with Gasteiger partial charge in [0.15, 0.2) is 5.82 Å². The number of rotatable bonds is 7. The lowest BCUT2D eigenvalue weighted by atomic mass is 9.90. The predicted molar refractivity (Wildman–Crippen MR) is 138 cm³/mol. The van der Waals surface area contributed by atoms with Crippen LogP contribution < -0.4 is 4.74 Å². The van der Waals surface area contributed by atoms with Crippen LogP contribution in [-0.4, -0.2) is 32.3 Å². The second kappa shape index (κ2) is 10.4. The monoisotopic (exact) mass is 470 g/mol. The van der Waals surface area contributed by atoms with Crippen molar-refractivity contribution < 1.29 is 4.74 Å². The Bertz CT molecular complexity index is 1270. The molecular weight excluding hydrogens is 440 g/mol. The van der Waals surface area contributed by atoms with Crippen LogP contribution in [0.4, 0.5) is 0 Å². The van der Waals surface area contributed by atoms with Gasteiger partial charge in [-0.15, -0.1) is 0 Å². The van der Waals surface area contributed by atoms with Gasteiger partial charge in [0.1, 0.15) is 12.4 Å². The first kappa shape index (κ1) is 22.6. The van der Waals surface area contributed by atoms with Crippen molar-refractivity contribution in [2.24, 2.45) is 0 Å². The van der Waals surface area contributed by atoms with E-state index in [0.29, 0.717) is 24.0 Å². The van der Waals surface area contributed by atoms with Gasteiger partial charge in [-0.05, 0) is 67.2 Å². The first-order valence-electron chi connectivity index (χ1n) is 11.9. The van der Waals surface area contributed by atoms with Crippen LogP contribution in [0.5, 0.6) is 5.75 Å². The third kappa shape index (κ3) is 4.98. The average Bonchev–Trinajstić information content (AvgIpc) is 3.19. The number of hydrogen-bond donors (Lipinski definition) is 0. The van der Waals surface area contributed by atoms with E-state index in [1.165, 1.54) is 5.56 Å². The molecule has 1 aromatic heterocycles. The summed E-state index contributed by atoms with van der Waals surface area (Å²) in [6, 6.07) is 29.1. The molecule has 0 N–H and O–H groups in total. The quantitative estimate of drug-likeness (QED) is 0.305. The van der Waals surface area contributed by atoms with Gasteiger partial charge < -0.3 is 4.74 Å². The summed E-state index contributed by atoms with van der Waals surface area (Å²) in [6.45, 7) is 5.17. The number of aromatic nitrogens is 3. The summed E-state index contributed by atoms with van der Waals surface area (Å²) in [5.74, 6) is 2.30. The van der Waals surface area contributed by atoms with E-state index in [-0.39, 0.29) is 0 Å². The third-order valence-corrected chi connectivity index (χ3v) is 6.96. The summed E-state index contributed by atoms with van der Waals surface area (Å²) < 4.78 is 10.8. The zero-order valence-electron chi connectivity index (χ0n) is 19.5. The Balaban J connectivity index is 1.34. The lowest BCUT2D eigenvalue weighted by Crippen LogP contribution is -2.35. The Morgan fingerprint density at radius 1 is 0.882 bits per heavy atom. The minimum atomic E-state index is 0.354. The van der Waals surface area contributed by atoms with Crippen molar-refractivity contribution in [2.45, 2.75) is 39.0 Å². The molecule has 0 bridgehead atoms. The van der Waals surface area contributed by atoms with E-state index >= 15 is 0 Å². The molecule has 0 radical (unpaired) electrons. The SMILES string of the molecule is Cc1ccccc1OCc1nn(CN2CCC(c3ccccc3)CC2)c(=S)n1-c1ccccc1. The van der Waals surface area contributed by atoms with E-state index in [2.05, 4.69) is 60.4 Å². The molecule has 0 amide bonds. The highest BCUT2D eigenvalue weighted by atomic mass is 32.1. The average molecular weight is 471 g/mol. The maximum absolute atomic E-state index is 6.15. The molecule has 34 heavy (non-hydrogen) atoms. The zero-order chi connectivity index (χ0) is 23.3. The molecule has 5 nitrogen and oxygen atoms in total. The lowest BCUT2D eigenvalue weighted by Gasteiger charge is -2.31. The summed E-state index contributed by atoms with van der Waals surface area (Å²) >= 11 is 5.90. The van der Waals surface area contributed by atoms with Crippen molar-refractivity contribution in [3.8, 4) is 11.4 Å². The van der Waals surface area contributed by atoms with Crippen LogP contribution in [0.1, 0.15) is 35.7 Å². The van der Waals surface area contributed by atoms with Crippen LogP contribution in [0.3, 0.4) is 0 Å². The number of likely N-dealkylation sites (tertiary alicyclic amines) is 1. The second-order valence-electron chi connectivity index (χ2n) is 8.87. The Kier molecular flexibility index (Phi) is 6.88. The van der Waals surface area contributed by atoms with Crippen LogP contribution >= 0.6 is 12.2 Å². The fourth-order valence-electron chi connectivity index (χ4n) is 4.66. The van der Waals surface area contributed by atoms with Crippen molar-refractivity contribution in [1.29, 1.82) is 0 Å². The second-order valence-corrected chi connectivity index (χ2v) is 9.23. The molecule has 0 spiro atoms. The van der Waals surface area contributed by atoms with E-state index in [1.54, 1.807) is 0 Å². The molecule has 1 fully saturated rings. The number of aryl methyl sites for hydroxylation is 1. The van der Waals surface area contributed by atoms with Crippen LogP contribution in [0.2, 0.25) is 0 Å². The molecule has 0 unspecified atom stereocenters. The lowest BCUT2D eigenvalue weighted by molar-refractivity contribution is 0.159. The zero-order valence-corrected chi connectivity index (χ0v) is 20.3. The smallest absolute Gasteiger partial charge is 0.203 e.